The SMILES string of the molecule is N#Cc1ccc(-c2cn[nH]c2)cc1. The van der Waals surface area contributed by atoms with E-state index in [1.165, 1.54) is 0 Å². The molecule has 0 aliphatic carbocycles. The number of aromatic nitrogens is 2. The lowest BCUT2D eigenvalue weighted by molar-refractivity contribution is 1.09. The van der Waals surface area contributed by atoms with Gasteiger partial charge in [-0.15, -0.1) is 0 Å². The molecule has 0 spiro atoms. The third-order valence-corrected chi connectivity index (χ3v) is 1.85. The zero-order chi connectivity index (χ0) is 9.10. The molecule has 1 aromatic carbocycles. The van der Waals surface area contributed by atoms with E-state index in [4.69, 9.17) is 5.26 Å². The fourth-order valence-corrected chi connectivity index (χ4v) is 1.15. The summed E-state index contributed by atoms with van der Waals surface area (Å²) in [6, 6.07) is 9.48. The van der Waals surface area contributed by atoms with Crippen molar-refractivity contribution in [2.45, 2.75) is 0 Å². The number of nitrogens with zero attached hydrogens (tertiary/aromatic N) is 2. The topological polar surface area (TPSA) is 52.5 Å². The third kappa shape index (κ3) is 1.42. The molecule has 62 valence electrons. The standard InChI is InChI=1S/C10H7N3/c11-5-8-1-3-9(4-2-8)10-6-12-13-7-10/h1-4,6-7H,(H,12,13). The van der Waals surface area contributed by atoms with Crippen LogP contribution in [-0.4, -0.2) is 10.2 Å². The molecule has 0 aliphatic heterocycles. The van der Waals surface area contributed by atoms with Crippen LogP contribution >= 0.6 is 0 Å². The Kier molecular flexibility index (Phi) is 1.81. The Labute approximate surface area is 75.6 Å². The number of benzene rings is 1. The molecule has 1 heterocycles. The number of nitrogens with one attached hydrogen (secondary N) is 1. The molecule has 0 aliphatic rings. The van der Waals surface area contributed by atoms with Crippen LogP contribution < -0.4 is 0 Å². The van der Waals surface area contributed by atoms with Gasteiger partial charge in [0, 0.05) is 11.8 Å². The summed E-state index contributed by atoms with van der Waals surface area (Å²) in [5, 5.41) is 15.2. The van der Waals surface area contributed by atoms with Gasteiger partial charge in [-0.3, -0.25) is 5.10 Å². The van der Waals surface area contributed by atoms with Crippen molar-refractivity contribution < 1.29 is 0 Å². The molecule has 3 nitrogen and oxygen atoms in total. The van der Waals surface area contributed by atoms with Crippen molar-refractivity contribution >= 4 is 0 Å². The largest absolute Gasteiger partial charge is 0.285 e. The van der Waals surface area contributed by atoms with E-state index >= 15 is 0 Å². The van der Waals surface area contributed by atoms with E-state index in [2.05, 4.69) is 16.3 Å². The van der Waals surface area contributed by atoms with Crippen LogP contribution in [0.3, 0.4) is 0 Å². The van der Waals surface area contributed by atoms with Crippen molar-refractivity contribution in [2.24, 2.45) is 0 Å². The first kappa shape index (κ1) is 7.56. The number of nitriles is 1. The van der Waals surface area contributed by atoms with E-state index in [1.807, 2.05) is 18.3 Å². The summed E-state index contributed by atoms with van der Waals surface area (Å²) < 4.78 is 0. The average Bonchev–Trinajstić information content (AvgIpc) is 2.71. The molecule has 0 unspecified atom stereocenters. The second-order valence-corrected chi connectivity index (χ2v) is 2.68. The quantitative estimate of drug-likeness (QED) is 0.709. The molecule has 0 atom stereocenters. The summed E-state index contributed by atoms with van der Waals surface area (Å²) >= 11 is 0. The van der Waals surface area contributed by atoms with Crippen molar-refractivity contribution in [3.8, 4) is 17.2 Å². The summed E-state index contributed by atoms with van der Waals surface area (Å²) in [6.07, 6.45) is 3.57. The first-order valence-corrected chi connectivity index (χ1v) is 3.89. The Bertz CT molecular complexity index is 420. The van der Waals surface area contributed by atoms with Crippen LogP contribution in [-0.2, 0) is 0 Å². The molecule has 0 saturated carbocycles. The summed E-state index contributed by atoms with van der Waals surface area (Å²) in [6.45, 7) is 0. The van der Waals surface area contributed by atoms with Gasteiger partial charge < -0.3 is 0 Å². The monoisotopic (exact) mass is 169 g/mol. The van der Waals surface area contributed by atoms with Gasteiger partial charge in [0.2, 0.25) is 0 Å². The lowest BCUT2D eigenvalue weighted by atomic mass is 10.1. The lowest BCUT2D eigenvalue weighted by Gasteiger charge is -1.95. The summed E-state index contributed by atoms with van der Waals surface area (Å²) in [5.74, 6) is 0. The van der Waals surface area contributed by atoms with Crippen LogP contribution in [0.4, 0.5) is 0 Å². The second-order valence-electron chi connectivity index (χ2n) is 2.68. The van der Waals surface area contributed by atoms with Crippen LogP contribution in [0.5, 0.6) is 0 Å². The van der Waals surface area contributed by atoms with E-state index in [-0.39, 0.29) is 0 Å². The number of hydrogen-bond donors (Lipinski definition) is 1. The highest BCUT2D eigenvalue weighted by molar-refractivity contribution is 5.62. The fraction of sp³-hybridized carbons (Fsp3) is 0. The zero-order valence-corrected chi connectivity index (χ0v) is 6.86. The highest BCUT2D eigenvalue weighted by atomic mass is 15.1. The number of rotatable bonds is 1. The van der Waals surface area contributed by atoms with Gasteiger partial charge in [0.25, 0.3) is 0 Å². The van der Waals surface area contributed by atoms with E-state index in [9.17, 15) is 0 Å². The molecule has 2 rings (SSSR count). The van der Waals surface area contributed by atoms with Gasteiger partial charge in [0.05, 0.1) is 17.8 Å². The van der Waals surface area contributed by atoms with Gasteiger partial charge in [-0.2, -0.15) is 10.4 Å². The second kappa shape index (κ2) is 3.11. The van der Waals surface area contributed by atoms with Gasteiger partial charge in [-0.05, 0) is 17.7 Å². The highest BCUT2D eigenvalue weighted by Crippen LogP contribution is 2.17. The molecule has 13 heavy (non-hydrogen) atoms. The van der Waals surface area contributed by atoms with Gasteiger partial charge in [0.15, 0.2) is 0 Å². The maximum absolute atomic E-state index is 8.59. The van der Waals surface area contributed by atoms with E-state index in [1.54, 1.807) is 18.3 Å². The van der Waals surface area contributed by atoms with Crippen molar-refractivity contribution in [3.05, 3.63) is 42.2 Å². The van der Waals surface area contributed by atoms with Crippen molar-refractivity contribution in [2.75, 3.05) is 0 Å². The summed E-state index contributed by atoms with van der Waals surface area (Å²) in [5.41, 5.74) is 2.77. The predicted octanol–water partition coefficient (Wildman–Crippen LogP) is 1.95. The molecular weight excluding hydrogens is 162 g/mol. The van der Waals surface area contributed by atoms with Gasteiger partial charge in [0.1, 0.15) is 0 Å². The van der Waals surface area contributed by atoms with Gasteiger partial charge >= 0.3 is 0 Å². The Morgan fingerprint density at radius 1 is 1.15 bits per heavy atom. The molecule has 1 aromatic heterocycles. The van der Waals surface area contributed by atoms with Crippen LogP contribution in [0.15, 0.2) is 36.7 Å². The molecule has 1 N–H and O–H groups in total. The average molecular weight is 169 g/mol. The minimum Gasteiger partial charge on any atom is -0.285 e. The third-order valence-electron chi connectivity index (χ3n) is 1.85. The van der Waals surface area contributed by atoms with Crippen molar-refractivity contribution in [1.29, 1.82) is 5.26 Å². The van der Waals surface area contributed by atoms with E-state index < -0.39 is 0 Å². The van der Waals surface area contributed by atoms with Crippen LogP contribution in [0.25, 0.3) is 11.1 Å². The zero-order valence-electron chi connectivity index (χ0n) is 6.86. The minimum atomic E-state index is 0.673. The maximum Gasteiger partial charge on any atom is 0.0991 e. The molecule has 0 fully saturated rings. The van der Waals surface area contributed by atoms with Crippen molar-refractivity contribution in [3.63, 3.8) is 0 Å². The Hall–Kier alpha value is -2.08. The highest BCUT2D eigenvalue weighted by Gasteiger charge is 1.97. The summed E-state index contributed by atoms with van der Waals surface area (Å²) in [4.78, 5) is 0. The molecule has 3 heteroatoms. The first-order chi connectivity index (χ1) is 6.40. The Morgan fingerprint density at radius 3 is 2.46 bits per heavy atom. The fourth-order valence-electron chi connectivity index (χ4n) is 1.15. The molecule has 2 aromatic rings. The first-order valence-electron chi connectivity index (χ1n) is 3.89. The Balaban J connectivity index is 2.40. The lowest BCUT2D eigenvalue weighted by Crippen LogP contribution is -1.75. The molecule has 0 saturated heterocycles. The minimum absolute atomic E-state index is 0.673. The molecular formula is C10H7N3. The van der Waals surface area contributed by atoms with Crippen LogP contribution in [0.2, 0.25) is 0 Å². The molecule has 0 bridgehead atoms. The van der Waals surface area contributed by atoms with Gasteiger partial charge in [-0.1, -0.05) is 12.1 Å². The Morgan fingerprint density at radius 2 is 1.92 bits per heavy atom. The normalized spacial score (nSPS) is 9.46. The number of hydrogen-bond acceptors (Lipinski definition) is 2. The van der Waals surface area contributed by atoms with Crippen LogP contribution in [0.1, 0.15) is 5.56 Å². The van der Waals surface area contributed by atoms with E-state index in [0.717, 1.165) is 11.1 Å². The number of aromatic amines is 1. The molecule has 0 radical (unpaired) electrons. The smallest absolute Gasteiger partial charge is 0.0991 e. The predicted molar refractivity (Wildman–Crippen MR) is 48.7 cm³/mol. The van der Waals surface area contributed by atoms with Crippen LogP contribution in [0, 0.1) is 11.3 Å². The molecule has 0 amide bonds. The maximum atomic E-state index is 8.59. The van der Waals surface area contributed by atoms with E-state index in [0.29, 0.717) is 5.56 Å². The van der Waals surface area contributed by atoms with Crippen molar-refractivity contribution in [1.82, 2.24) is 10.2 Å². The number of H-pyrrole nitrogens is 1. The van der Waals surface area contributed by atoms with Gasteiger partial charge in [-0.25, -0.2) is 0 Å². The summed E-state index contributed by atoms with van der Waals surface area (Å²) in [7, 11) is 0.